The molecule has 188 valence electrons. The molecule has 0 aliphatic carbocycles. The fraction of sp³-hybridized carbons (Fsp3) is 0.536. The number of hydrogen-bond donors (Lipinski definition) is 1. The van der Waals surface area contributed by atoms with E-state index in [1.807, 2.05) is 4.90 Å². The topological polar surface area (TPSA) is 51.3 Å². The van der Waals surface area contributed by atoms with E-state index in [9.17, 15) is 4.79 Å². The molecule has 1 N–H and O–H groups in total. The molecular formula is C28H39N5O2. The van der Waals surface area contributed by atoms with Gasteiger partial charge in [-0.2, -0.15) is 0 Å². The average Bonchev–Trinajstić information content (AvgIpc) is 2.92. The van der Waals surface area contributed by atoms with Crippen LogP contribution >= 0.6 is 0 Å². The number of anilines is 3. The monoisotopic (exact) mass is 477 g/mol. The molecular weight excluding hydrogens is 438 g/mol. The lowest BCUT2D eigenvalue weighted by Gasteiger charge is -2.38. The lowest BCUT2D eigenvalue weighted by Crippen LogP contribution is -2.46. The number of piperazine rings is 1. The fourth-order valence-corrected chi connectivity index (χ4v) is 5.61. The van der Waals surface area contributed by atoms with Crippen LogP contribution in [0.3, 0.4) is 0 Å². The van der Waals surface area contributed by atoms with Gasteiger partial charge in [0.1, 0.15) is 5.75 Å². The zero-order valence-corrected chi connectivity index (χ0v) is 21.3. The molecule has 2 aromatic carbocycles. The molecule has 1 amide bonds. The molecule has 5 rings (SSSR count). The van der Waals surface area contributed by atoms with Gasteiger partial charge in [0.05, 0.1) is 13.7 Å². The van der Waals surface area contributed by atoms with Gasteiger partial charge in [-0.15, -0.1) is 0 Å². The van der Waals surface area contributed by atoms with Crippen LogP contribution in [0.5, 0.6) is 5.75 Å². The Bertz CT molecular complexity index is 1010. The molecule has 35 heavy (non-hydrogen) atoms. The van der Waals surface area contributed by atoms with Crippen molar-refractivity contribution in [1.82, 2.24) is 9.80 Å². The van der Waals surface area contributed by atoms with Crippen molar-refractivity contribution in [3.8, 4) is 5.75 Å². The van der Waals surface area contributed by atoms with Gasteiger partial charge in [-0.1, -0.05) is 0 Å². The number of piperidine rings is 1. The van der Waals surface area contributed by atoms with E-state index in [4.69, 9.17) is 4.74 Å². The fourth-order valence-electron chi connectivity index (χ4n) is 5.61. The van der Waals surface area contributed by atoms with Crippen molar-refractivity contribution < 1.29 is 9.53 Å². The van der Waals surface area contributed by atoms with Crippen LogP contribution in [-0.4, -0.2) is 82.2 Å². The van der Waals surface area contributed by atoms with Gasteiger partial charge in [0.15, 0.2) is 0 Å². The van der Waals surface area contributed by atoms with Crippen LogP contribution in [0, 0.1) is 0 Å². The highest BCUT2D eigenvalue weighted by atomic mass is 16.5. The second kappa shape index (κ2) is 10.8. The Morgan fingerprint density at radius 3 is 2.31 bits per heavy atom. The summed E-state index contributed by atoms with van der Waals surface area (Å²) in [6, 6.07) is 12.8. The summed E-state index contributed by atoms with van der Waals surface area (Å²) in [4.78, 5) is 22.5. The van der Waals surface area contributed by atoms with Crippen molar-refractivity contribution in [3.05, 3.63) is 47.5 Å². The molecule has 2 fully saturated rings. The van der Waals surface area contributed by atoms with Crippen LogP contribution in [-0.2, 0) is 17.8 Å². The zero-order valence-electron chi connectivity index (χ0n) is 21.3. The van der Waals surface area contributed by atoms with Gasteiger partial charge in [0.25, 0.3) is 0 Å². The van der Waals surface area contributed by atoms with Crippen molar-refractivity contribution in [1.29, 1.82) is 0 Å². The normalized spacial score (nSPS) is 18.9. The molecule has 0 atom stereocenters. The third kappa shape index (κ3) is 5.35. The maximum absolute atomic E-state index is 13.2. The van der Waals surface area contributed by atoms with Crippen molar-refractivity contribution in [2.45, 2.75) is 32.2 Å². The van der Waals surface area contributed by atoms with E-state index in [-0.39, 0.29) is 5.91 Å². The molecule has 0 spiro atoms. The van der Waals surface area contributed by atoms with Gasteiger partial charge in [0.2, 0.25) is 5.91 Å². The van der Waals surface area contributed by atoms with Crippen LogP contribution in [0.2, 0.25) is 0 Å². The van der Waals surface area contributed by atoms with E-state index >= 15 is 0 Å². The molecule has 2 saturated heterocycles. The van der Waals surface area contributed by atoms with Crippen LogP contribution in [0.4, 0.5) is 17.1 Å². The predicted octanol–water partition coefficient (Wildman–Crippen LogP) is 3.43. The maximum atomic E-state index is 13.2. The Labute approximate surface area is 209 Å². The number of fused-ring (bicyclic) bond motifs is 1. The Morgan fingerprint density at radius 1 is 0.857 bits per heavy atom. The minimum absolute atomic E-state index is 0.142. The number of nitrogens with zero attached hydrogens (tertiary/aromatic N) is 4. The Hall–Kier alpha value is -2.93. The van der Waals surface area contributed by atoms with Crippen molar-refractivity contribution in [3.63, 3.8) is 0 Å². The molecule has 0 aromatic heterocycles. The number of amides is 1. The molecule has 0 unspecified atom stereocenters. The number of ether oxygens (including phenoxy) is 1. The first-order chi connectivity index (χ1) is 17.1. The SMILES string of the molecule is COc1ccc(N2CCN(C)CC2)c2c1CCN(C(=O)CNc1ccc(N3CCCCC3)cc1)C2. The Morgan fingerprint density at radius 2 is 1.60 bits per heavy atom. The summed E-state index contributed by atoms with van der Waals surface area (Å²) in [5, 5.41) is 3.35. The molecule has 7 heteroatoms. The number of likely N-dealkylation sites (N-methyl/N-ethyl adjacent to an activating group) is 1. The van der Waals surface area contributed by atoms with Crippen molar-refractivity contribution in [2.24, 2.45) is 0 Å². The van der Waals surface area contributed by atoms with Gasteiger partial charge >= 0.3 is 0 Å². The van der Waals surface area contributed by atoms with Crippen molar-refractivity contribution in [2.75, 3.05) is 81.6 Å². The van der Waals surface area contributed by atoms with Gasteiger partial charge < -0.3 is 29.7 Å². The van der Waals surface area contributed by atoms with Crippen LogP contribution < -0.4 is 19.9 Å². The quantitative estimate of drug-likeness (QED) is 0.688. The number of hydrogen-bond acceptors (Lipinski definition) is 6. The number of carbonyl (C=O) groups excluding carboxylic acids is 1. The number of methoxy groups -OCH3 is 1. The second-order valence-corrected chi connectivity index (χ2v) is 10.0. The van der Waals surface area contributed by atoms with E-state index in [0.717, 1.165) is 63.7 Å². The summed E-state index contributed by atoms with van der Waals surface area (Å²) in [5.41, 5.74) is 6.04. The summed E-state index contributed by atoms with van der Waals surface area (Å²) in [6.45, 7) is 8.11. The number of rotatable bonds is 6. The highest BCUT2D eigenvalue weighted by molar-refractivity contribution is 5.82. The van der Waals surface area contributed by atoms with E-state index in [2.05, 4.69) is 63.5 Å². The molecule has 3 heterocycles. The number of carbonyl (C=O) groups is 1. The first-order valence-electron chi connectivity index (χ1n) is 13.1. The van der Waals surface area contributed by atoms with E-state index in [0.29, 0.717) is 13.1 Å². The van der Waals surface area contributed by atoms with Crippen LogP contribution in [0.1, 0.15) is 30.4 Å². The van der Waals surface area contributed by atoms with Gasteiger partial charge in [-0.25, -0.2) is 0 Å². The number of benzene rings is 2. The highest BCUT2D eigenvalue weighted by Gasteiger charge is 2.28. The summed E-state index contributed by atoms with van der Waals surface area (Å²) in [5.74, 6) is 1.08. The zero-order chi connectivity index (χ0) is 24.2. The Kier molecular flexibility index (Phi) is 7.32. The Balaban J connectivity index is 1.23. The minimum atomic E-state index is 0.142. The van der Waals surface area contributed by atoms with E-state index in [1.165, 1.54) is 41.8 Å². The first kappa shape index (κ1) is 23.8. The van der Waals surface area contributed by atoms with Crippen LogP contribution in [0.15, 0.2) is 36.4 Å². The maximum Gasteiger partial charge on any atom is 0.242 e. The van der Waals surface area contributed by atoms with Gasteiger partial charge in [-0.05, 0) is 69.1 Å². The molecule has 0 bridgehead atoms. The van der Waals surface area contributed by atoms with E-state index in [1.54, 1.807) is 7.11 Å². The third-order valence-electron chi connectivity index (χ3n) is 7.79. The summed E-state index contributed by atoms with van der Waals surface area (Å²) >= 11 is 0. The smallest absolute Gasteiger partial charge is 0.242 e. The summed E-state index contributed by atoms with van der Waals surface area (Å²) in [7, 11) is 3.92. The minimum Gasteiger partial charge on any atom is -0.496 e. The average molecular weight is 478 g/mol. The van der Waals surface area contributed by atoms with Crippen LogP contribution in [0.25, 0.3) is 0 Å². The second-order valence-electron chi connectivity index (χ2n) is 10.0. The molecule has 3 aliphatic heterocycles. The lowest BCUT2D eigenvalue weighted by molar-refractivity contribution is -0.130. The third-order valence-corrected chi connectivity index (χ3v) is 7.79. The van der Waals surface area contributed by atoms with Crippen molar-refractivity contribution >= 4 is 23.0 Å². The molecule has 0 saturated carbocycles. The van der Waals surface area contributed by atoms with E-state index < -0.39 is 0 Å². The van der Waals surface area contributed by atoms with Gasteiger partial charge in [0, 0.05) is 80.5 Å². The molecule has 2 aromatic rings. The highest BCUT2D eigenvalue weighted by Crippen LogP contribution is 2.36. The molecule has 7 nitrogen and oxygen atoms in total. The van der Waals surface area contributed by atoms with Gasteiger partial charge in [-0.3, -0.25) is 4.79 Å². The lowest BCUT2D eigenvalue weighted by atomic mass is 9.95. The largest absolute Gasteiger partial charge is 0.496 e. The first-order valence-corrected chi connectivity index (χ1v) is 13.1. The molecule has 3 aliphatic rings. The summed E-state index contributed by atoms with van der Waals surface area (Å²) < 4.78 is 5.68. The predicted molar refractivity (Wildman–Crippen MR) is 143 cm³/mol. The standard InChI is InChI=1S/C28H39N5O2/c1-30-16-18-32(19-17-30)26-10-11-27(35-2)24-12-15-33(21-25(24)26)28(34)20-29-22-6-8-23(9-7-22)31-13-4-3-5-14-31/h6-11,29H,3-5,12-21H2,1-2H3. The number of nitrogens with one attached hydrogen (secondary N) is 1. The summed E-state index contributed by atoms with van der Waals surface area (Å²) in [6.07, 6.45) is 4.71. The molecule has 0 radical (unpaired) electrons.